The van der Waals surface area contributed by atoms with E-state index in [1.807, 2.05) is 6.08 Å². The summed E-state index contributed by atoms with van der Waals surface area (Å²) < 4.78 is 10.7. The molecule has 0 unspecified atom stereocenters. The largest absolute Gasteiger partial charge is 0.477 e. The highest BCUT2D eigenvalue weighted by Gasteiger charge is 2.57. The third kappa shape index (κ3) is 4.10. The van der Waals surface area contributed by atoms with Gasteiger partial charge in [-0.05, 0) is 33.1 Å². The molecule has 0 aromatic heterocycles. The molecule has 0 spiro atoms. The summed E-state index contributed by atoms with van der Waals surface area (Å²) in [6.07, 6.45) is 9.84. The second-order valence-electron chi connectivity index (χ2n) is 5.17. The predicted octanol–water partition coefficient (Wildman–Crippen LogP) is 3.47. The van der Waals surface area contributed by atoms with Gasteiger partial charge in [0.2, 0.25) is 0 Å². The molecule has 1 N–H and O–H groups in total. The maximum atomic E-state index is 11.1. The molecule has 4 heteroatoms. The van der Waals surface area contributed by atoms with Gasteiger partial charge in [-0.3, -0.25) is 0 Å². The maximum Gasteiger partial charge on any atom is 0.364 e. The summed E-state index contributed by atoms with van der Waals surface area (Å²) in [4.78, 5) is 11.1. The van der Waals surface area contributed by atoms with Crippen LogP contribution < -0.4 is 0 Å². The van der Waals surface area contributed by atoms with Crippen molar-refractivity contribution in [1.29, 1.82) is 0 Å². The van der Waals surface area contributed by atoms with Gasteiger partial charge in [0.05, 0.1) is 0 Å². The average molecular weight is 256 g/mol. The van der Waals surface area contributed by atoms with Crippen molar-refractivity contribution in [3.63, 3.8) is 0 Å². The van der Waals surface area contributed by atoms with Crippen molar-refractivity contribution < 1.29 is 19.4 Å². The lowest BCUT2D eigenvalue weighted by molar-refractivity contribution is -0.481. The van der Waals surface area contributed by atoms with Crippen LogP contribution in [0.15, 0.2) is 12.2 Å². The van der Waals surface area contributed by atoms with Crippen LogP contribution in [0.25, 0.3) is 0 Å². The van der Waals surface area contributed by atoms with Crippen LogP contribution in [-0.4, -0.2) is 22.7 Å². The van der Waals surface area contributed by atoms with Gasteiger partial charge in [-0.25, -0.2) is 4.79 Å². The molecule has 0 atom stereocenters. The highest BCUT2D eigenvalue weighted by atomic mass is 16.9. The van der Waals surface area contributed by atoms with Gasteiger partial charge in [-0.15, -0.1) is 0 Å². The third-order valence-corrected chi connectivity index (χ3v) is 2.93. The first kappa shape index (κ1) is 15.2. The average Bonchev–Trinajstić information content (AvgIpc) is 2.24. The minimum absolute atomic E-state index is 0.357. The lowest BCUT2D eigenvalue weighted by Crippen LogP contribution is -2.63. The van der Waals surface area contributed by atoms with Gasteiger partial charge in [0.25, 0.3) is 5.79 Å². The quantitative estimate of drug-likeness (QED) is 0.533. The molecule has 1 heterocycles. The number of hydrogen-bond acceptors (Lipinski definition) is 3. The van der Waals surface area contributed by atoms with Crippen molar-refractivity contribution in [2.45, 2.75) is 70.9 Å². The van der Waals surface area contributed by atoms with Crippen LogP contribution >= 0.6 is 0 Å². The van der Waals surface area contributed by atoms with Crippen molar-refractivity contribution in [2.24, 2.45) is 0 Å². The Morgan fingerprint density at radius 1 is 1.17 bits per heavy atom. The Bertz CT molecular complexity index is 299. The lowest BCUT2D eigenvalue weighted by Gasteiger charge is -2.49. The van der Waals surface area contributed by atoms with E-state index in [0.717, 1.165) is 6.42 Å². The molecule has 0 amide bonds. The Balaban J connectivity index is 2.26. The molecule has 0 aliphatic carbocycles. The summed E-state index contributed by atoms with van der Waals surface area (Å²) in [5.41, 5.74) is 0. The van der Waals surface area contributed by atoms with E-state index in [9.17, 15) is 4.79 Å². The summed E-state index contributed by atoms with van der Waals surface area (Å²) in [5.74, 6) is -3.25. The Kier molecular flexibility index (Phi) is 5.35. The molecule has 1 aliphatic heterocycles. The number of hydrogen-bond donors (Lipinski definition) is 1. The number of carbonyl (C=O) groups is 1. The highest BCUT2D eigenvalue weighted by Crippen LogP contribution is 2.41. The summed E-state index contributed by atoms with van der Waals surface area (Å²) in [6, 6.07) is 0. The van der Waals surface area contributed by atoms with E-state index in [0.29, 0.717) is 12.8 Å². The van der Waals surface area contributed by atoms with Gasteiger partial charge in [-0.1, -0.05) is 31.9 Å². The van der Waals surface area contributed by atoms with E-state index < -0.39 is 17.5 Å². The monoisotopic (exact) mass is 256 g/mol. The van der Waals surface area contributed by atoms with Crippen LogP contribution in [0.2, 0.25) is 0 Å². The first-order valence-electron chi connectivity index (χ1n) is 6.70. The number of allylic oxidation sites excluding steroid dienone is 2. The topological polar surface area (TPSA) is 55.8 Å². The van der Waals surface area contributed by atoms with E-state index in [2.05, 4.69) is 13.0 Å². The molecule has 0 aromatic rings. The third-order valence-electron chi connectivity index (χ3n) is 2.93. The van der Waals surface area contributed by atoms with Crippen LogP contribution in [0.5, 0.6) is 0 Å². The van der Waals surface area contributed by atoms with E-state index >= 15 is 0 Å². The van der Waals surface area contributed by atoms with E-state index in [4.69, 9.17) is 14.6 Å². The van der Waals surface area contributed by atoms with Crippen LogP contribution in [0.4, 0.5) is 0 Å². The molecular formula is C14H24O4. The SMILES string of the molecule is CCCCCC=CCCC1(C(=O)O)OC(C)(C)O1. The minimum Gasteiger partial charge on any atom is -0.477 e. The van der Waals surface area contributed by atoms with E-state index in [1.54, 1.807) is 13.8 Å². The number of carboxylic acid groups (broad SMARTS) is 1. The van der Waals surface area contributed by atoms with Crippen LogP contribution in [0.3, 0.4) is 0 Å². The zero-order valence-corrected chi connectivity index (χ0v) is 11.6. The number of carboxylic acids is 1. The zero-order chi connectivity index (χ0) is 13.6. The molecule has 4 nitrogen and oxygen atoms in total. The first-order chi connectivity index (χ1) is 8.42. The Hall–Kier alpha value is -0.870. The lowest BCUT2D eigenvalue weighted by atomic mass is 10.1. The fraction of sp³-hybridized carbons (Fsp3) is 0.786. The summed E-state index contributed by atoms with van der Waals surface area (Å²) >= 11 is 0. The number of unbranched alkanes of at least 4 members (excludes halogenated alkanes) is 3. The van der Waals surface area contributed by atoms with Gasteiger partial charge in [-0.2, -0.15) is 0 Å². The Morgan fingerprint density at radius 2 is 1.78 bits per heavy atom. The first-order valence-corrected chi connectivity index (χ1v) is 6.70. The fourth-order valence-corrected chi connectivity index (χ4v) is 2.12. The normalized spacial score (nSPS) is 20.8. The summed E-state index contributed by atoms with van der Waals surface area (Å²) in [5, 5.41) is 9.11. The number of rotatable bonds is 8. The maximum absolute atomic E-state index is 11.1. The van der Waals surface area contributed by atoms with Gasteiger partial charge in [0, 0.05) is 6.42 Å². The molecule has 0 bridgehead atoms. The second-order valence-corrected chi connectivity index (χ2v) is 5.17. The molecule has 1 rings (SSSR count). The number of ether oxygens (including phenoxy) is 2. The molecular weight excluding hydrogens is 232 g/mol. The van der Waals surface area contributed by atoms with E-state index in [1.165, 1.54) is 19.3 Å². The van der Waals surface area contributed by atoms with Gasteiger partial charge in [0.15, 0.2) is 5.79 Å². The van der Waals surface area contributed by atoms with Crippen molar-refractivity contribution in [2.75, 3.05) is 0 Å². The summed E-state index contributed by atoms with van der Waals surface area (Å²) in [6.45, 7) is 5.61. The second kappa shape index (κ2) is 6.34. The van der Waals surface area contributed by atoms with Crippen molar-refractivity contribution in [3.05, 3.63) is 12.2 Å². The predicted molar refractivity (Wildman–Crippen MR) is 69.1 cm³/mol. The molecule has 104 valence electrons. The molecule has 0 aromatic carbocycles. The Labute approximate surface area is 109 Å². The standard InChI is InChI=1S/C14H24O4/c1-4-5-6-7-8-9-10-11-14(12(15)16)17-13(2,3)18-14/h8-9H,4-7,10-11H2,1-3H3,(H,15,16). The van der Waals surface area contributed by atoms with Crippen LogP contribution in [0, 0.1) is 0 Å². The smallest absolute Gasteiger partial charge is 0.364 e. The van der Waals surface area contributed by atoms with Crippen molar-refractivity contribution in [1.82, 2.24) is 0 Å². The minimum atomic E-state index is -1.43. The number of aliphatic carboxylic acids is 1. The fourth-order valence-electron chi connectivity index (χ4n) is 2.12. The molecule has 1 fully saturated rings. The van der Waals surface area contributed by atoms with Crippen LogP contribution in [-0.2, 0) is 14.3 Å². The molecule has 0 saturated carbocycles. The Morgan fingerprint density at radius 3 is 2.28 bits per heavy atom. The molecule has 1 saturated heterocycles. The van der Waals surface area contributed by atoms with Gasteiger partial charge < -0.3 is 14.6 Å². The van der Waals surface area contributed by atoms with Gasteiger partial charge in [0.1, 0.15) is 0 Å². The van der Waals surface area contributed by atoms with Gasteiger partial charge >= 0.3 is 5.97 Å². The molecule has 0 radical (unpaired) electrons. The van der Waals surface area contributed by atoms with Crippen molar-refractivity contribution >= 4 is 5.97 Å². The van der Waals surface area contributed by atoms with Crippen molar-refractivity contribution in [3.8, 4) is 0 Å². The van der Waals surface area contributed by atoms with Crippen LogP contribution in [0.1, 0.15) is 59.3 Å². The molecule has 18 heavy (non-hydrogen) atoms. The zero-order valence-electron chi connectivity index (χ0n) is 11.6. The molecule has 1 aliphatic rings. The summed E-state index contributed by atoms with van der Waals surface area (Å²) in [7, 11) is 0. The highest BCUT2D eigenvalue weighted by molar-refractivity contribution is 5.76. The van der Waals surface area contributed by atoms with E-state index in [-0.39, 0.29) is 0 Å².